The standard InChI is InChI=1S/C29H49N5O7/c1-16-14-19(24(37)31-17(2)21(35)23(30)36)34(15-16)25(38)20(18-12-10-9-11-13-18)32-27(40)33-22(28(3,4)5)26(39)41-29(6,7)8/h16-20,22H,9-15H2,1-8H3,(H2,30,36)(H,31,37)(H2,32,33,40)/t16-,17?,19+,20?,22?/m1/s1. The highest BCUT2D eigenvalue weighted by atomic mass is 16.6. The third kappa shape index (κ3) is 9.71. The van der Waals surface area contributed by atoms with E-state index >= 15 is 0 Å². The molecule has 12 heteroatoms. The predicted octanol–water partition coefficient (Wildman–Crippen LogP) is 1.79. The number of rotatable bonds is 9. The first kappa shape index (κ1) is 34.0. The minimum Gasteiger partial charge on any atom is -0.458 e. The van der Waals surface area contributed by atoms with Crippen LogP contribution in [0.5, 0.6) is 0 Å². The monoisotopic (exact) mass is 579 g/mol. The van der Waals surface area contributed by atoms with Gasteiger partial charge in [-0.1, -0.05) is 47.0 Å². The van der Waals surface area contributed by atoms with E-state index in [4.69, 9.17) is 10.5 Å². The Morgan fingerprint density at radius 2 is 1.49 bits per heavy atom. The third-order valence-corrected chi connectivity index (χ3v) is 7.55. The Hall–Kier alpha value is -3.18. The van der Waals surface area contributed by atoms with Crippen LogP contribution in [0, 0.1) is 17.3 Å². The van der Waals surface area contributed by atoms with E-state index in [9.17, 15) is 28.8 Å². The molecular formula is C29H49N5O7. The molecule has 1 aliphatic carbocycles. The number of ether oxygens (including phenoxy) is 1. The molecule has 5 N–H and O–H groups in total. The van der Waals surface area contributed by atoms with Gasteiger partial charge in [-0.3, -0.25) is 19.2 Å². The van der Waals surface area contributed by atoms with Crippen molar-refractivity contribution < 1.29 is 33.5 Å². The Labute approximate surface area is 243 Å². The number of nitrogens with two attached hydrogens (primary N) is 1. The number of Topliss-reactive ketones (excluding diaryl/α,β-unsaturated/α-hetero) is 1. The summed E-state index contributed by atoms with van der Waals surface area (Å²) in [4.78, 5) is 78.2. The van der Waals surface area contributed by atoms with Gasteiger partial charge in [-0.15, -0.1) is 0 Å². The second-order valence-corrected chi connectivity index (χ2v) is 13.6. The van der Waals surface area contributed by atoms with Gasteiger partial charge in [0.2, 0.25) is 17.6 Å². The van der Waals surface area contributed by atoms with Crippen LogP contribution >= 0.6 is 0 Å². The summed E-state index contributed by atoms with van der Waals surface area (Å²) in [6.07, 6.45) is 4.68. The zero-order valence-electron chi connectivity index (χ0n) is 25.8. The van der Waals surface area contributed by atoms with Crippen molar-refractivity contribution in [3.05, 3.63) is 0 Å². The molecule has 5 atom stereocenters. The van der Waals surface area contributed by atoms with Crippen molar-refractivity contribution in [2.24, 2.45) is 23.0 Å². The zero-order chi connectivity index (χ0) is 31.3. The fourth-order valence-corrected chi connectivity index (χ4v) is 5.46. The Balaban J connectivity index is 2.28. The minimum atomic E-state index is -1.15. The molecule has 2 aliphatic rings. The molecule has 2 fully saturated rings. The van der Waals surface area contributed by atoms with E-state index < -0.39 is 70.7 Å². The van der Waals surface area contributed by atoms with E-state index in [-0.39, 0.29) is 11.8 Å². The van der Waals surface area contributed by atoms with Gasteiger partial charge in [-0.05, 0) is 64.2 Å². The summed E-state index contributed by atoms with van der Waals surface area (Å²) in [6.45, 7) is 14.2. The number of urea groups is 1. The molecule has 5 amide bonds. The first-order chi connectivity index (χ1) is 18.8. The van der Waals surface area contributed by atoms with Gasteiger partial charge in [-0.2, -0.15) is 0 Å². The van der Waals surface area contributed by atoms with Crippen LogP contribution in [0.15, 0.2) is 0 Å². The molecular weight excluding hydrogens is 530 g/mol. The average Bonchev–Trinajstić information content (AvgIpc) is 3.25. The van der Waals surface area contributed by atoms with Crippen LogP contribution in [-0.4, -0.2) is 76.7 Å². The Morgan fingerprint density at radius 3 is 2.00 bits per heavy atom. The molecule has 0 spiro atoms. The number of nitrogens with one attached hydrogen (secondary N) is 3. The number of nitrogens with zero attached hydrogens (tertiary/aromatic N) is 1. The van der Waals surface area contributed by atoms with E-state index in [1.807, 2.05) is 27.7 Å². The van der Waals surface area contributed by atoms with Crippen molar-refractivity contribution >= 4 is 35.5 Å². The maximum atomic E-state index is 14.0. The average molecular weight is 580 g/mol. The van der Waals surface area contributed by atoms with Crippen LogP contribution in [0.2, 0.25) is 0 Å². The number of ketones is 1. The van der Waals surface area contributed by atoms with Crippen LogP contribution in [0.4, 0.5) is 4.79 Å². The fourth-order valence-electron chi connectivity index (χ4n) is 5.46. The highest BCUT2D eigenvalue weighted by Crippen LogP contribution is 2.31. The number of amides is 5. The van der Waals surface area contributed by atoms with Gasteiger partial charge < -0.3 is 31.3 Å². The maximum Gasteiger partial charge on any atom is 0.329 e. The highest BCUT2D eigenvalue weighted by Gasteiger charge is 2.44. The number of primary amides is 1. The van der Waals surface area contributed by atoms with E-state index in [1.165, 1.54) is 11.8 Å². The van der Waals surface area contributed by atoms with Crippen molar-refractivity contribution in [1.29, 1.82) is 0 Å². The molecule has 1 aliphatic heterocycles. The van der Waals surface area contributed by atoms with Gasteiger partial charge in [0.05, 0.1) is 6.04 Å². The molecule has 0 aromatic carbocycles. The van der Waals surface area contributed by atoms with E-state index in [2.05, 4.69) is 16.0 Å². The summed E-state index contributed by atoms with van der Waals surface area (Å²) in [5, 5.41) is 8.07. The van der Waals surface area contributed by atoms with Gasteiger partial charge >= 0.3 is 12.0 Å². The number of carbonyl (C=O) groups excluding carboxylic acids is 6. The molecule has 2 rings (SSSR count). The molecule has 1 heterocycles. The number of hydrogen-bond donors (Lipinski definition) is 4. The van der Waals surface area contributed by atoms with Crippen LogP contribution in [-0.2, 0) is 28.7 Å². The number of likely N-dealkylation sites (tertiary alicyclic amines) is 1. The largest absolute Gasteiger partial charge is 0.458 e. The molecule has 1 saturated carbocycles. The Morgan fingerprint density at radius 1 is 0.902 bits per heavy atom. The first-order valence-electron chi connectivity index (χ1n) is 14.6. The summed E-state index contributed by atoms with van der Waals surface area (Å²) in [6, 6.07) is -4.57. The second kappa shape index (κ2) is 13.7. The predicted molar refractivity (Wildman–Crippen MR) is 152 cm³/mol. The summed E-state index contributed by atoms with van der Waals surface area (Å²) >= 11 is 0. The van der Waals surface area contributed by atoms with Crippen LogP contribution in [0.1, 0.15) is 93.9 Å². The summed E-state index contributed by atoms with van der Waals surface area (Å²) in [7, 11) is 0. The normalized spacial score (nSPS) is 22.2. The van der Waals surface area contributed by atoms with Crippen LogP contribution in [0.3, 0.4) is 0 Å². The van der Waals surface area contributed by atoms with E-state index in [0.29, 0.717) is 13.0 Å². The lowest BCUT2D eigenvalue weighted by Crippen LogP contribution is -2.61. The van der Waals surface area contributed by atoms with Crippen molar-refractivity contribution in [3.8, 4) is 0 Å². The highest BCUT2D eigenvalue weighted by molar-refractivity contribution is 6.37. The molecule has 3 unspecified atom stereocenters. The van der Waals surface area contributed by atoms with E-state index in [0.717, 1.165) is 32.1 Å². The van der Waals surface area contributed by atoms with Crippen molar-refractivity contribution in [3.63, 3.8) is 0 Å². The first-order valence-corrected chi connectivity index (χ1v) is 14.6. The minimum absolute atomic E-state index is 0.00452. The van der Waals surface area contributed by atoms with Crippen molar-refractivity contribution in [1.82, 2.24) is 20.9 Å². The van der Waals surface area contributed by atoms with Crippen molar-refractivity contribution in [2.45, 2.75) is 124 Å². The molecule has 0 radical (unpaired) electrons. The zero-order valence-corrected chi connectivity index (χ0v) is 25.8. The van der Waals surface area contributed by atoms with Gasteiger partial charge in [0.1, 0.15) is 23.7 Å². The Kier molecular flexibility index (Phi) is 11.3. The quantitative estimate of drug-likeness (QED) is 0.238. The summed E-state index contributed by atoms with van der Waals surface area (Å²) < 4.78 is 5.54. The maximum absolute atomic E-state index is 14.0. The third-order valence-electron chi connectivity index (χ3n) is 7.55. The smallest absolute Gasteiger partial charge is 0.329 e. The number of carbonyl (C=O) groups is 6. The molecule has 0 aromatic rings. The van der Waals surface area contributed by atoms with Gasteiger partial charge in [0, 0.05) is 6.54 Å². The lowest BCUT2D eigenvalue weighted by Gasteiger charge is -2.36. The molecule has 1 saturated heterocycles. The molecule has 232 valence electrons. The van der Waals surface area contributed by atoms with E-state index in [1.54, 1.807) is 20.8 Å². The number of hydrogen-bond acceptors (Lipinski definition) is 7. The topological polar surface area (TPSA) is 177 Å². The lowest BCUT2D eigenvalue weighted by atomic mass is 9.83. The fraction of sp³-hybridized carbons (Fsp3) is 0.793. The van der Waals surface area contributed by atoms with Gasteiger partial charge in [0.15, 0.2) is 0 Å². The van der Waals surface area contributed by atoms with Crippen LogP contribution in [0.25, 0.3) is 0 Å². The molecule has 0 aromatic heterocycles. The van der Waals surface area contributed by atoms with Crippen LogP contribution < -0.4 is 21.7 Å². The molecule has 41 heavy (non-hydrogen) atoms. The number of esters is 1. The lowest BCUT2D eigenvalue weighted by molar-refractivity contribution is -0.160. The molecule has 12 nitrogen and oxygen atoms in total. The van der Waals surface area contributed by atoms with Gasteiger partial charge in [0.25, 0.3) is 5.91 Å². The summed E-state index contributed by atoms with van der Waals surface area (Å²) in [5.41, 5.74) is 3.64. The Bertz CT molecular complexity index is 1010. The summed E-state index contributed by atoms with van der Waals surface area (Å²) in [5.74, 6) is -3.77. The molecule has 0 bridgehead atoms. The van der Waals surface area contributed by atoms with Crippen molar-refractivity contribution in [2.75, 3.05) is 6.54 Å². The van der Waals surface area contributed by atoms with Gasteiger partial charge in [-0.25, -0.2) is 9.59 Å². The second-order valence-electron chi connectivity index (χ2n) is 13.6. The SMILES string of the molecule is CC(NC(=O)[C@@H]1C[C@@H](C)CN1C(=O)C(NC(=O)NC(C(=O)OC(C)(C)C)C(C)(C)C)C1CCCCC1)C(=O)C(N)=O.